The van der Waals surface area contributed by atoms with Crippen molar-refractivity contribution in [3.8, 4) is 5.75 Å². The summed E-state index contributed by atoms with van der Waals surface area (Å²) in [6.07, 6.45) is 0.0120. The average molecular weight is 378 g/mol. The van der Waals surface area contributed by atoms with Gasteiger partial charge in [-0.15, -0.1) is 0 Å². The zero-order valence-corrected chi connectivity index (χ0v) is 15.2. The molecular formula is C20H21ClFNO3. The van der Waals surface area contributed by atoms with Crippen molar-refractivity contribution in [3.63, 3.8) is 0 Å². The molecular weight excluding hydrogens is 357 g/mol. The van der Waals surface area contributed by atoms with E-state index in [1.165, 1.54) is 12.1 Å². The second-order valence-corrected chi connectivity index (χ2v) is 7.25. The van der Waals surface area contributed by atoms with E-state index in [2.05, 4.69) is 0 Å². The summed E-state index contributed by atoms with van der Waals surface area (Å²) in [7, 11) is 0. The fourth-order valence-electron chi connectivity index (χ4n) is 2.99. The first-order chi connectivity index (χ1) is 12.3. The van der Waals surface area contributed by atoms with E-state index in [0.717, 1.165) is 5.56 Å². The minimum Gasteiger partial charge on any atom is -0.485 e. The van der Waals surface area contributed by atoms with Crippen LogP contribution in [0.25, 0.3) is 0 Å². The molecule has 138 valence electrons. The Kier molecular flexibility index (Phi) is 5.49. The first-order valence-electron chi connectivity index (χ1n) is 8.50. The Morgan fingerprint density at radius 3 is 2.77 bits per heavy atom. The summed E-state index contributed by atoms with van der Waals surface area (Å²) in [5.41, 5.74) is -0.219. The summed E-state index contributed by atoms with van der Waals surface area (Å²) < 4.78 is 19.2. The topological polar surface area (TPSA) is 49.8 Å². The molecule has 4 nitrogen and oxygen atoms in total. The van der Waals surface area contributed by atoms with Crippen LogP contribution >= 0.6 is 11.6 Å². The average Bonchev–Trinajstić information content (AvgIpc) is 2.59. The maximum atomic E-state index is 13.4. The van der Waals surface area contributed by atoms with E-state index in [4.69, 9.17) is 16.3 Å². The van der Waals surface area contributed by atoms with Gasteiger partial charge >= 0.3 is 0 Å². The van der Waals surface area contributed by atoms with Crippen LogP contribution in [0.15, 0.2) is 48.5 Å². The van der Waals surface area contributed by atoms with Crippen LogP contribution in [0.1, 0.15) is 18.9 Å². The van der Waals surface area contributed by atoms with Crippen molar-refractivity contribution in [2.75, 3.05) is 13.1 Å². The Hall–Kier alpha value is -2.11. The summed E-state index contributed by atoms with van der Waals surface area (Å²) in [5, 5.41) is 11.2. The van der Waals surface area contributed by atoms with E-state index in [1.54, 1.807) is 36.1 Å². The highest BCUT2D eigenvalue weighted by atomic mass is 35.5. The molecule has 0 saturated carbocycles. The lowest BCUT2D eigenvalue weighted by Gasteiger charge is -2.42. The molecule has 2 aromatic rings. The number of carbonyl (C=O) groups excluding carboxylic acids is 1. The minimum atomic E-state index is -1.09. The maximum Gasteiger partial charge on any atom is 0.227 e. The van der Waals surface area contributed by atoms with Gasteiger partial charge in [-0.1, -0.05) is 29.8 Å². The van der Waals surface area contributed by atoms with Gasteiger partial charge < -0.3 is 14.7 Å². The Balaban J connectivity index is 1.68. The van der Waals surface area contributed by atoms with Crippen LogP contribution in [0.2, 0.25) is 5.02 Å². The number of ether oxygens (including phenoxy) is 1. The van der Waals surface area contributed by atoms with Gasteiger partial charge in [0.25, 0.3) is 0 Å². The van der Waals surface area contributed by atoms with E-state index < -0.39 is 17.5 Å². The van der Waals surface area contributed by atoms with E-state index in [0.29, 0.717) is 23.7 Å². The highest BCUT2D eigenvalue weighted by molar-refractivity contribution is 6.30. The van der Waals surface area contributed by atoms with Gasteiger partial charge in [0.2, 0.25) is 5.91 Å². The SMILES string of the molecule is C[C@]1(O)CCN(C(=O)Cc2ccc(Cl)cc2)C[C@@H]1Oc1cccc(F)c1. The van der Waals surface area contributed by atoms with Crippen LogP contribution < -0.4 is 4.74 Å². The van der Waals surface area contributed by atoms with Crippen molar-refractivity contribution >= 4 is 17.5 Å². The number of piperidine rings is 1. The van der Waals surface area contributed by atoms with Crippen LogP contribution in [0.5, 0.6) is 5.75 Å². The predicted molar refractivity (Wildman–Crippen MR) is 97.8 cm³/mol. The van der Waals surface area contributed by atoms with Crippen LogP contribution in [0, 0.1) is 5.82 Å². The number of benzene rings is 2. The zero-order chi connectivity index (χ0) is 18.7. The Morgan fingerprint density at radius 1 is 1.35 bits per heavy atom. The van der Waals surface area contributed by atoms with Gasteiger partial charge in [-0.25, -0.2) is 4.39 Å². The molecule has 1 saturated heterocycles. The van der Waals surface area contributed by atoms with Crippen LogP contribution in [0.3, 0.4) is 0 Å². The lowest BCUT2D eigenvalue weighted by Crippen LogP contribution is -2.57. The monoisotopic (exact) mass is 377 g/mol. The molecule has 1 aliphatic rings. The number of hydrogen-bond acceptors (Lipinski definition) is 3. The third-order valence-electron chi connectivity index (χ3n) is 4.66. The first-order valence-corrected chi connectivity index (χ1v) is 8.88. The van der Waals surface area contributed by atoms with Crippen molar-refractivity contribution in [1.29, 1.82) is 0 Å². The maximum absolute atomic E-state index is 13.4. The van der Waals surface area contributed by atoms with Crippen LogP contribution in [0.4, 0.5) is 4.39 Å². The van der Waals surface area contributed by atoms with Crippen molar-refractivity contribution in [3.05, 3.63) is 64.9 Å². The Bertz CT molecular complexity index is 779. The molecule has 0 unspecified atom stereocenters. The first kappa shape index (κ1) is 18.7. The van der Waals surface area contributed by atoms with E-state index in [1.807, 2.05) is 12.1 Å². The molecule has 1 amide bonds. The molecule has 1 aliphatic heterocycles. The van der Waals surface area contributed by atoms with Crippen molar-refractivity contribution < 1.29 is 19.0 Å². The smallest absolute Gasteiger partial charge is 0.227 e. The van der Waals surface area contributed by atoms with E-state index >= 15 is 0 Å². The van der Waals surface area contributed by atoms with Gasteiger partial charge in [0.15, 0.2) is 0 Å². The molecule has 1 N–H and O–H groups in total. The lowest BCUT2D eigenvalue weighted by atomic mass is 9.90. The van der Waals surface area contributed by atoms with E-state index in [9.17, 15) is 14.3 Å². The molecule has 1 heterocycles. The van der Waals surface area contributed by atoms with Gasteiger partial charge in [0.1, 0.15) is 23.3 Å². The van der Waals surface area contributed by atoms with Gasteiger partial charge in [-0.2, -0.15) is 0 Å². The molecule has 26 heavy (non-hydrogen) atoms. The largest absolute Gasteiger partial charge is 0.485 e. The number of carbonyl (C=O) groups is 1. The molecule has 0 radical (unpaired) electrons. The summed E-state index contributed by atoms with van der Waals surface area (Å²) in [5.74, 6) is -0.119. The van der Waals surface area contributed by atoms with Crippen LogP contribution in [-0.4, -0.2) is 40.7 Å². The van der Waals surface area contributed by atoms with Crippen molar-refractivity contribution in [2.45, 2.75) is 31.5 Å². The highest BCUT2D eigenvalue weighted by Crippen LogP contribution is 2.27. The molecule has 0 aromatic heterocycles. The molecule has 3 rings (SSSR count). The fraction of sp³-hybridized carbons (Fsp3) is 0.350. The van der Waals surface area contributed by atoms with E-state index in [-0.39, 0.29) is 18.9 Å². The standard InChI is InChI=1S/C20H21ClFNO3/c1-20(25)9-10-23(19(24)11-14-5-7-15(21)8-6-14)13-18(20)26-17-4-2-3-16(22)12-17/h2-8,12,18,25H,9-11,13H2,1H3/t18-,20-/m0/s1. The molecule has 0 aliphatic carbocycles. The number of amides is 1. The van der Waals surface area contributed by atoms with Gasteiger partial charge in [0.05, 0.1) is 13.0 Å². The summed E-state index contributed by atoms with van der Waals surface area (Å²) >= 11 is 5.87. The van der Waals surface area contributed by atoms with Gasteiger partial charge in [-0.05, 0) is 43.2 Å². The lowest BCUT2D eigenvalue weighted by molar-refractivity contribution is -0.142. The third-order valence-corrected chi connectivity index (χ3v) is 4.92. The highest BCUT2D eigenvalue weighted by Gasteiger charge is 2.40. The second kappa shape index (κ2) is 7.64. The normalized spacial score (nSPS) is 22.9. The predicted octanol–water partition coefficient (Wildman–Crippen LogP) is 3.45. The van der Waals surface area contributed by atoms with Crippen molar-refractivity contribution in [1.82, 2.24) is 4.90 Å². The van der Waals surface area contributed by atoms with Gasteiger partial charge in [0, 0.05) is 17.6 Å². The number of hydrogen-bond donors (Lipinski definition) is 1. The molecule has 1 fully saturated rings. The number of rotatable bonds is 4. The Morgan fingerprint density at radius 2 is 2.08 bits per heavy atom. The molecule has 2 aromatic carbocycles. The second-order valence-electron chi connectivity index (χ2n) is 6.81. The molecule has 0 bridgehead atoms. The molecule has 6 heteroatoms. The summed E-state index contributed by atoms with van der Waals surface area (Å²) in [6.45, 7) is 2.37. The molecule has 0 spiro atoms. The zero-order valence-electron chi connectivity index (χ0n) is 14.5. The summed E-state index contributed by atoms with van der Waals surface area (Å²) in [4.78, 5) is 14.3. The number of halogens is 2. The number of nitrogens with zero attached hydrogens (tertiary/aromatic N) is 1. The number of aliphatic hydroxyl groups is 1. The number of likely N-dealkylation sites (tertiary alicyclic amines) is 1. The molecule has 2 atom stereocenters. The van der Waals surface area contributed by atoms with Crippen molar-refractivity contribution in [2.24, 2.45) is 0 Å². The minimum absolute atomic E-state index is 0.0457. The quantitative estimate of drug-likeness (QED) is 0.887. The van der Waals surface area contributed by atoms with Crippen LogP contribution in [-0.2, 0) is 11.2 Å². The third kappa shape index (κ3) is 4.54. The Labute approximate surface area is 157 Å². The fourth-order valence-corrected chi connectivity index (χ4v) is 3.12. The van der Waals surface area contributed by atoms with Gasteiger partial charge in [-0.3, -0.25) is 4.79 Å². The summed E-state index contributed by atoms with van der Waals surface area (Å²) in [6, 6.07) is 12.9.